The monoisotopic (exact) mass is 417 g/mol. The van der Waals surface area contributed by atoms with Crippen LogP contribution in [0.25, 0.3) is 11.3 Å². The van der Waals surface area contributed by atoms with E-state index in [4.69, 9.17) is 0 Å². The van der Waals surface area contributed by atoms with Crippen molar-refractivity contribution in [1.29, 1.82) is 0 Å². The van der Waals surface area contributed by atoms with E-state index in [9.17, 15) is 4.79 Å². The second-order valence-corrected chi connectivity index (χ2v) is 8.48. The Hall–Kier alpha value is -3.32. The number of hydrogen-bond donors (Lipinski definition) is 1. The zero-order valence-electron chi connectivity index (χ0n) is 16.9. The van der Waals surface area contributed by atoms with Gasteiger partial charge in [0.2, 0.25) is 5.91 Å². The van der Waals surface area contributed by atoms with Gasteiger partial charge in [-0.05, 0) is 19.4 Å². The summed E-state index contributed by atoms with van der Waals surface area (Å²) in [5.74, 6) is -0.0408. The summed E-state index contributed by atoms with van der Waals surface area (Å²) in [5.41, 5.74) is 4.15. The molecule has 4 rings (SSSR count). The third kappa shape index (κ3) is 4.80. The second kappa shape index (κ2) is 9.00. The molecule has 0 aliphatic rings. The number of amides is 1. The number of nitrogens with zero attached hydrogens (tertiary/aromatic N) is 4. The number of thiazole rings is 1. The number of aromatic nitrogens is 4. The molecule has 0 spiro atoms. The lowest BCUT2D eigenvalue weighted by atomic mass is 10.1. The number of benzene rings is 2. The lowest BCUT2D eigenvalue weighted by Gasteiger charge is -2.19. The number of rotatable bonds is 7. The van der Waals surface area contributed by atoms with E-state index >= 15 is 0 Å². The first kappa shape index (κ1) is 20.0. The van der Waals surface area contributed by atoms with E-state index in [1.54, 1.807) is 22.3 Å². The van der Waals surface area contributed by atoms with Crippen molar-refractivity contribution in [3.63, 3.8) is 0 Å². The van der Waals surface area contributed by atoms with Gasteiger partial charge in [-0.3, -0.25) is 9.48 Å². The third-order valence-electron chi connectivity index (χ3n) is 4.82. The quantitative estimate of drug-likeness (QED) is 0.491. The molecule has 2 aromatic heterocycles. The number of carbonyl (C=O) groups excluding carboxylic acids is 1. The molecule has 2 aromatic carbocycles. The minimum atomic E-state index is -0.197. The summed E-state index contributed by atoms with van der Waals surface area (Å²) in [6.07, 6.45) is 3.44. The van der Waals surface area contributed by atoms with Crippen LogP contribution < -0.4 is 5.32 Å². The Morgan fingerprint density at radius 1 is 1.10 bits per heavy atom. The second-order valence-electron chi connectivity index (χ2n) is 7.20. The summed E-state index contributed by atoms with van der Waals surface area (Å²) >= 11 is 1.57. The van der Waals surface area contributed by atoms with Crippen molar-refractivity contribution in [2.45, 2.75) is 32.9 Å². The Kier molecular flexibility index (Phi) is 5.99. The normalized spacial score (nSPS) is 11.9. The fraction of sp³-hybridized carbons (Fsp3) is 0.217. The van der Waals surface area contributed by atoms with Gasteiger partial charge in [-0.15, -0.1) is 11.3 Å². The number of nitrogens with one attached hydrogen (secondary N) is 1. The average Bonchev–Trinajstić information content (AvgIpc) is 3.38. The highest BCUT2D eigenvalue weighted by Gasteiger charge is 2.19. The molecule has 0 aliphatic carbocycles. The molecule has 0 fully saturated rings. The van der Waals surface area contributed by atoms with Crippen LogP contribution in [0, 0.1) is 13.8 Å². The Bertz CT molecular complexity index is 1100. The van der Waals surface area contributed by atoms with E-state index in [1.165, 1.54) is 11.9 Å². The van der Waals surface area contributed by atoms with E-state index in [-0.39, 0.29) is 18.4 Å². The summed E-state index contributed by atoms with van der Waals surface area (Å²) in [6, 6.07) is 18.0. The molecule has 2 heterocycles. The molecular weight excluding hydrogens is 394 g/mol. The Balaban J connectivity index is 1.53. The predicted molar refractivity (Wildman–Crippen MR) is 118 cm³/mol. The molecule has 1 N–H and O–H groups in total. The van der Waals surface area contributed by atoms with Crippen molar-refractivity contribution >= 4 is 17.2 Å². The summed E-state index contributed by atoms with van der Waals surface area (Å²) in [5, 5.41) is 8.31. The Labute approximate surface area is 179 Å². The highest BCUT2D eigenvalue weighted by atomic mass is 32.1. The molecule has 1 unspecified atom stereocenters. The van der Waals surface area contributed by atoms with Crippen LogP contribution in [0.15, 0.2) is 67.3 Å². The molecule has 0 bridgehead atoms. The topological polar surface area (TPSA) is 72.7 Å². The minimum absolute atomic E-state index is 0.0408. The average molecular weight is 418 g/mol. The molecule has 0 radical (unpaired) electrons. The molecule has 1 atom stereocenters. The van der Waals surface area contributed by atoms with Crippen molar-refractivity contribution in [2.75, 3.05) is 0 Å². The van der Waals surface area contributed by atoms with Gasteiger partial charge in [-0.25, -0.2) is 9.97 Å². The Morgan fingerprint density at radius 3 is 2.57 bits per heavy atom. The number of aryl methyl sites for hydroxylation is 2. The molecule has 0 saturated heterocycles. The first-order valence-corrected chi connectivity index (χ1v) is 10.6. The summed E-state index contributed by atoms with van der Waals surface area (Å²) in [4.78, 5) is 22.6. The van der Waals surface area contributed by atoms with Crippen LogP contribution in [0.5, 0.6) is 0 Å². The van der Waals surface area contributed by atoms with Crippen LogP contribution in [0.3, 0.4) is 0 Å². The molecule has 0 saturated carbocycles. The molecule has 6 nitrogen and oxygen atoms in total. The summed E-state index contributed by atoms with van der Waals surface area (Å²) in [6.45, 7) is 4.55. The van der Waals surface area contributed by atoms with Crippen molar-refractivity contribution in [3.05, 3.63) is 88.3 Å². The highest BCUT2D eigenvalue weighted by molar-refractivity contribution is 7.12. The van der Waals surface area contributed by atoms with Gasteiger partial charge < -0.3 is 5.32 Å². The number of hydrogen-bond acceptors (Lipinski definition) is 5. The first-order valence-electron chi connectivity index (χ1n) is 9.78. The van der Waals surface area contributed by atoms with E-state index in [2.05, 4.69) is 51.6 Å². The van der Waals surface area contributed by atoms with Gasteiger partial charge in [0.05, 0.1) is 29.7 Å². The molecule has 152 valence electrons. The summed E-state index contributed by atoms with van der Waals surface area (Å²) in [7, 11) is 0. The maximum Gasteiger partial charge on any atom is 0.225 e. The van der Waals surface area contributed by atoms with Crippen LogP contribution in [0.2, 0.25) is 0 Å². The van der Waals surface area contributed by atoms with Crippen LogP contribution in [-0.4, -0.2) is 25.7 Å². The van der Waals surface area contributed by atoms with Crippen LogP contribution >= 0.6 is 11.3 Å². The molecule has 1 amide bonds. The standard InChI is InChI=1S/C23H23N5OS/c1-16-8-10-19(11-9-16)23-21(30-17(2)26-23)12-22(29)27-20(13-28-15-24-14-25-28)18-6-4-3-5-7-18/h3-11,14-15,20H,12-13H2,1-2H3,(H,27,29). The number of carbonyl (C=O) groups is 1. The first-order chi connectivity index (χ1) is 14.6. The van der Waals surface area contributed by atoms with Gasteiger partial charge >= 0.3 is 0 Å². The molecule has 7 heteroatoms. The van der Waals surface area contributed by atoms with E-state index in [0.717, 1.165) is 26.7 Å². The van der Waals surface area contributed by atoms with Crippen molar-refractivity contribution in [2.24, 2.45) is 0 Å². The maximum atomic E-state index is 13.0. The molecule has 30 heavy (non-hydrogen) atoms. The van der Waals surface area contributed by atoms with Crippen molar-refractivity contribution in [1.82, 2.24) is 25.1 Å². The molecule has 0 aliphatic heterocycles. The van der Waals surface area contributed by atoms with E-state index in [0.29, 0.717) is 6.54 Å². The zero-order valence-corrected chi connectivity index (χ0v) is 17.8. The van der Waals surface area contributed by atoms with Crippen molar-refractivity contribution in [3.8, 4) is 11.3 Å². The lowest BCUT2D eigenvalue weighted by Crippen LogP contribution is -2.32. The van der Waals surface area contributed by atoms with Gasteiger partial charge in [-0.1, -0.05) is 60.2 Å². The highest BCUT2D eigenvalue weighted by Crippen LogP contribution is 2.29. The smallest absolute Gasteiger partial charge is 0.225 e. The van der Waals surface area contributed by atoms with Gasteiger partial charge in [0, 0.05) is 10.4 Å². The largest absolute Gasteiger partial charge is 0.347 e. The fourth-order valence-electron chi connectivity index (χ4n) is 3.35. The zero-order chi connectivity index (χ0) is 20.9. The molecule has 4 aromatic rings. The summed E-state index contributed by atoms with van der Waals surface area (Å²) < 4.78 is 1.73. The lowest BCUT2D eigenvalue weighted by molar-refractivity contribution is -0.121. The fourth-order valence-corrected chi connectivity index (χ4v) is 4.31. The van der Waals surface area contributed by atoms with Crippen LogP contribution in [0.1, 0.15) is 27.1 Å². The van der Waals surface area contributed by atoms with Crippen molar-refractivity contribution < 1.29 is 4.79 Å². The van der Waals surface area contributed by atoms with E-state index < -0.39 is 0 Å². The minimum Gasteiger partial charge on any atom is -0.347 e. The van der Waals surface area contributed by atoms with Crippen LogP contribution in [0.4, 0.5) is 0 Å². The van der Waals surface area contributed by atoms with Gasteiger partial charge in [0.15, 0.2) is 0 Å². The SMILES string of the molecule is Cc1ccc(-c2nc(C)sc2CC(=O)NC(Cn2cncn2)c2ccccc2)cc1. The Morgan fingerprint density at radius 2 is 1.87 bits per heavy atom. The van der Waals surface area contributed by atoms with E-state index in [1.807, 2.05) is 37.3 Å². The maximum absolute atomic E-state index is 13.0. The third-order valence-corrected chi connectivity index (χ3v) is 5.79. The molecular formula is C23H23N5OS. The predicted octanol–water partition coefficient (Wildman–Crippen LogP) is 4.12. The van der Waals surface area contributed by atoms with Gasteiger partial charge in [0.1, 0.15) is 12.7 Å². The van der Waals surface area contributed by atoms with Crippen LogP contribution in [-0.2, 0) is 17.8 Å². The van der Waals surface area contributed by atoms with Gasteiger partial charge in [-0.2, -0.15) is 5.10 Å². The van der Waals surface area contributed by atoms with Gasteiger partial charge in [0.25, 0.3) is 0 Å².